The third-order valence-corrected chi connectivity index (χ3v) is 2.27. The Labute approximate surface area is 84.9 Å². The number of unbranched alkanes of at least 4 members (excludes halogenated alkanes) is 5. The molecule has 0 saturated heterocycles. The first-order chi connectivity index (χ1) is 6.83. The molecule has 4 nitrogen and oxygen atoms in total. The van der Waals surface area contributed by atoms with Crippen LogP contribution in [0.25, 0.3) is 0 Å². The average Bonchev–Trinajstić information content (AvgIpc) is 2.58. The van der Waals surface area contributed by atoms with Gasteiger partial charge in [0.25, 0.3) is 5.88 Å². The molecule has 0 aliphatic rings. The summed E-state index contributed by atoms with van der Waals surface area (Å²) in [5.74, 6) is 0.0102. The molecule has 80 valence electrons. The van der Waals surface area contributed by atoms with Crippen molar-refractivity contribution in [3.8, 4) is 5.88 Å². The van der Waals surface area contributed by atoms with Crippen molar-refractivity contribution in [3.63, 3.8) is 0 Å². The van der Waals surface area contributed by atoms with Crippen molar-refractivity contribution in [2.24, 2.45) is 0 Å². The monoisotopic (exact) mass is 197 g/mol. The smallest absolute Gasteiger partial charge is 0.251 e. The molecule has 1 aromatic rings. The van der Waals surface area contributed by atoms with Crippen LogP contribution in [0, 0.1) is 0 Å². The van der Waals surface area contributed by atoms with Crippen LogP contribution in [0.15, 0.2) is 6.20 Å². The summed E-state index contributed by atoms with van der Waals surface area (Å²) in [6, 6.07) is 0. The minimum atomic E-state index is 0.0102. The molecule has 14 heavy (non-hydrogen) atoms. The van der Waals surface area contributed by atoms with E-state index in [0.29, 0.717) is 0 Å². The Bertz CT molecular complexity index is 247. The van der Waals surface area contributed by atoms with E-state index in [0.717, 1.165) is 13.0 Å². The van der Waals surface area contributed by atoms with Crippen LogP contribution in [-0.2, 0) is 6.54 Å². The van der Waals surface area contributed by atoms with Crippen molar-refractivity contribution in [3.05, 3.63) is 6.20 Å². The van der Waals surface area contributed by atoms with Gasteiger partial charge in [0, 0.05) is 6.54 Å². The number of aryl methyl sites for hydroxylation is 1. The first kappa shape index (κ1) is 11.0. The van der Waals surface area contributed by atoms with Gasteiger partial charge in [0.1, 0.15) is 0 Å². The zero-order chi connectivity index (χ0) is 10.2. The largest absolute Gasteiger partial charge is 0.491 e. The standard InChI is InChI=1S/C10H19N3O/c1-2-3-4-5-6-7-8-13-9-10(14)11-12-13/h9,14H,2-8H2,1H3. The van der Waals surface area contributed by atoms with Gasteiger partial charge < -0.3 is 5.11 Å². The molecule has 1 rings (SSSR count). The van der Waals surface area contributed by atoms with Gasteiger partial charge in [-0.3, -0.25) is 0 Å². The summed E-state index contributed by atoms with van der Waals surface area (Å²) in [7, 11) is 0. The Morgan fingerprint density at radius 1 is 1.21 bits per heavy atom. The van der Waals surface area contributed by atoms with E-state index in [9.17, 15) is 0 Å². The number of aromatic hydroxyl groups is 1. The molecular formula is C10H19N3O. The van der Waals surface area contributed by atoms with Gasteiger partial charge in [0.05, 0.1) is 6.20 Å². The first-order valence-corrected chi connectivity index (χ1v) is 5.42. The third-order valence-electron chi connectivity index (χ3n) is 2.27. The van der Waals surface area contributed by atoms with E-state index >= 15 is 0 Å². The van der Waals surface area contributed by atoms with Crippen LogP contribution in [0.1, 0.15) is 45.4 Å². The van der Waals surface area contributed by atoms with Gasteiger partial charge in [0.15, 0.2) is 0 Å². The van der Waals surface area contributed by atoms with Crippen molar-refractivity contribution in [1.29, 1.82) is 0 Å². The number of hydrogen-bond donors (Lipinski definition) is 1. The minimum Gasteiger partial charge on any atom is -0.491 e. The van der Waals surface area contributed by atoms with E-state index < -0.39 is 0 Å². The molecule has 0 amide bonds. The molecule has 0 fully saturated rings. The van der Waals surface area contributed by atoms with E-state index in [1.165, 1.54) is 32.1 Å². The highest BCUT2D eigenvalue weighted by Crippen LogP contribution is 2.06. The van der Waals surface area contributed by atoms with Crippen molar-refractivity contribution < 1.29 is 5.11 Å². The molecule has 0 aliphatic carbocycles. The van der Waals surface area contributed by atoms with Gasteiger partial charge >= 0.3 is 0 Å². The molecular weight excluding hydrogens is 178 g/mol. The van der Waals surface area contributed by atoms with E-state index in [2.05, 4.69) is 17.2 Å². The fraction of sp³-hybridized carbons (Fsp3) is 0.800. The molecule has 0 aliphatic heterocycles. The predicted molar refractivity (Wildman–Crippen MR) is 55.1 cm³/mol. The van der Waals surface area contributed by atoms with Crippen LogP contribution < -0.4 is 0 Å². The Morgan fingerprint density at radius 3 is 2.57 bits per heavy atom. The van der Waals surface area contributed by atoms with Crippen LogP contribution in [0.3, 0.4) is 0 Å². The number of rotatable bonds is 7. The SMILES string of the molecule is CCCCCCCCn1cc(O)nn1. The molecule has 0 aromatic carbocycles. The average molecular weight is 197 g/mol. The molecule has 4 heteroatoms. The highest BCUT2D eigenvalue weighted by molar-refractivity contribution is 4.95. The molecule has 0 atom stereocenters. The molecule has 0 saturated carbocycles. The van der Waals surface area contributed by atoms with Crippen LogP contribution in [0.2, 0.25) is 0 Å². The normalized spacial score (nSPS) is 10.6. The van der Waals surface area contributed by atoms with Crippen LogP contribution >= 0.6 is 0 Å². The predicted octanol–water partition coefficient (Wildman–Crippen LogP) is 2.34. The van der Waals surface area contributed by atoms with Crippen molar-refractivity contribution >= 4 is 0 Å². The highest BCUT2D eigenvalue weighted by Gasteiger charge is 1.96. The van der Waals surface area contributed by atoms with Gasteiger partial charge in [-0.15, -0.1) is 0 Å². The Balaban J connectivity index is 1.99. The minimum absolute atomic E-state index is 0.0102. The van der Waals surface area contributed by atoms with Crippen LogP contribution in [0.5, 0.6) is 5.88 Å². The van der Waals surface area contributed by atoms with Crippen LogP contribution in [-0.4, -0.2) is 20.1 Å². The number of aromatic nitrogens is 3. The lowest BCUT2D eigenvalue weighted by Crippen LogP contribution is -1.98. The maximum Gasteiger partial charge on any atom is 0.251 e. The van der Waals surface area contributed by atoms with E-state index in [1.54, 1.807) is 10.9 Å². The van der Waals surface area contributed by atoms with E-state index in [4.69, 9.17) is 5.11 Å². The zero-order valence-corrected chi connectivity index (χ0v) is 8.82. The van der Waals surface area contributed by atoms with E-state index in [-0.39, 0.29) is 5.88 Å². The topological polar surface area (TPSA) is 50.9 Å². The summed E-state index contributed by atoms with van der Waals surface area (Å²) in [5, 5.41) is 16.2. The second kappa shape index (κ2) is 6.40. The van der Waals surface area contributed by atoms with Crippen molar-refractivity contribution in [1.82, 2.24) is 15.0 Å². The lowest BCUT2D eigenvalue weighted by atomic mass is 10.1. The summed E-state index contributed by atoms with van der Waals surface area (Å²) in [5.41, 5.74) is 0. The Morgan fingerprint density at radius 2 is 1.93 bits per heavy atom. The lowest BCUT2D eigenvalue weighted by Gasteiger charge is -2.00. The summed E-state index contributed by atoms with van der Waals surface area (Å²) in [6.07, 6.45) is 9.17. The maximum absolute atomic E-state index is 8.93. The van der Waals surface area contributed by atoms with Gasteiger partial charge in [0.2, 0.25) is 0 Å². The fourth-order valence-electron chi connectivity index (χ4n) is 1.45. The molecule has 0 bridgehead atoms. The Hall–Kier alpha value is -1.06. The second-order valence-electron chi connectivity index (χ2n) is 3.61. The molecule has 0 spiro atoms. The summed E-state index contributed by atoms with van der Waals surface area (Å²) in [6.45, 7) is 3.08. The summed E-state index contributed by atoms with van der Waals surface area (Å²) < 4.78 is 1.69. The van der Waals surface area contributed by atoms with Crippen LogP contribution in [0.4, 0.5) is 0 Å². The summed E-state index contributed by atoms with van der Waals surface area (Å²) in [4.78, 5) is 0. The van der Waals surface area contributed by atoms with Gasteiger partial charge in [-0.1, -0.05) is 49.3 Å². The molecule has 1 heterocycles. The fourth-order valence-corrected chi connectivity index (χ4v) is 1.45. The molecule has 0 unspecified atom stereocenters. The van der Waals surface area contributed by atoms with Crippen molar-refractivity contribution in [2.75, 3.05) is 0 Å². The Kier molecular flexibility index (Phi) is 5.04. The summed E-state index contributed by atoms with van der Waals surface area (Å²) >= 11 is 0. The molecule has 1 N–H and O–H groups in total. The third kappa shape index (κ3) is 4.25. The van der Waals surface area contributed by atoms with Gasteiger partial charge in [-0.2, -0.15) is 0 Å². The molecule has 1 aromatic heterocycles. The second-order valence-corrected chi connectivity index (χ2v) is 3.61. The maximum atomic E-state index is 8.93. The highest BCUT2D eigenvalue weighted by atomic mass is 16.3. The van der Waals surface area contributed by atoms with Crippen molar-refractivity contribution in [2.45, 2.75) is 52.0 Å². The lowest BCUT2D eigenvalue weighted by molar-refractivity contribution is 0.452. The first-order valence-electron chi connectivity index (χ1n) is 5.42. The molecule has 0 radical (unpaired) electrons. The number of nitrogens with zero attached hydrogens (tertiary/aromatic N) is 3. The van der Waals surface area contributed by atoms with Gasteiger partial charge in [-0.25, -0.2) is 4.68 Å². The zero-order valence-electron chi connectivity index (χ0n) is 8.82. The quantitative estimate of drug-likeness (QED) is 0.682. The number of hydrogen-bond acceptors (Lipinski definition) is 3. The van der Waals surface area contributed by atoms with Gasteiger partial charge in [-0.05, 0) is 6.42 Å². The van der Waals surface area contributed by atoms with E-state index in [1.807, 2.05) is 0 Å².